The van der Waals surface area contributed by atoms with Crippen molar-refractivity contribution in [3.63, 3.8) is 0 Å². The van der Waals surface area contributed by atoms with E-state index >= 15 is 0 Å². The van der Waals surface area contributed by atoms with E-state index in [0.717, 1.165) is 11.1 Å². The minimum atomic E-state index is -0.272. The Kier molecular flexibility index (Phi) is 7.22. The minimum Gasteiger partial charge on any atom is -0.493 e. The van der Waals surface area contributed by atoms with Crippen molar-refractivity contribution in [2.45, 2.75) is 13.0 Å². The second kappa shape index (κ2) is 10.5. The number of hydrogen-bond acceptors (Lipinski definition) is 6. The van der Waals surface area contributed by atoms with Gasteiger partial charge in [-0.05, 0) is 53.1 Å². The van der Waals surface area contributed by atoms with Gasteiger partial charge < -0.3 is 18.9 Å². The molecule has 7 nitrogen and oxygen atoms in total. The SMILES string of the molecule is COc1cc(/C=N\NC(=O)Cc2ccc3c(c2)OCO3)cc(Cl)c1OCc1ccc(Cl)cc1. The number of carbonyl (C=O) groups is 1. The smallest absolute Gasteiger partial charge is 0.244 e. The number of hydrazone groups is 1. The molecule has 0 fully saturated rings. The van der Waals surface area contributed by atoms with Crippen LogP contribution in [0.3, 0.4) is 0 Å². The third kappa shape index (κ3) is 5.88. The molecule has 0 radical (unpaired) electrons. The zero-order valence-corrected chi connectivity index (χ0v) is 19.2. The summed E-state index contributed by atoms with van der Waals surface area (Å²) < 4.78 is 21.9. The van der Waals surface area contributed by atoms with Crippen LogP contribution in [0.15, 0.2) is 59.7 Å². The van der Waals surface area contributed by atoms with Crippen LogP contribution in [0.2, 0.25) is 10.0 Å². The van der Waals surface area contributed by atoms with Crippen LogP contribution >= 0.6 is 23.2 Å². The lowest BCUT2D eigenvalue weighted by Gasteiger charge is -2.13. The molecule has 0 bridgehead atoms. The summed E-state index contributed by atoms with van der Waals surface area (Å²) in [5.74, 6) is 1.89. The quantitative estimate of drug-likeness (QED) is 0.357. The number of amides is 1. The van der Waals surface area contributed by atoms with Crippen molar-refractivity contribution in [2.75, 3.05) is 13.9 Å². The van der Waals surface area contributed by atoms with Gasteiger partial charge in [-0.1, -0.05) is 41.4 Å². The molecule has 3 aromatic carbocycles. The van der Waals surface area contributed by atoms with Gasteiger partial charge in [-0.25, -0.2) is 5.43 Å². The first kappa shape index (κ1) is 22.8. The lowest BCUT2D eigenvalue weighted by atomic mass is 10.1. The number of benzene rings is 3. The fourth-order valence-electron chi connectivity index (χ4n) is 3.15. The standard InChI is InChI=1S/C24H20Cl2N2O5/c1-30-22-10-17(8-19(26)24(22)31-13-15-2-5-18(25)6-3-15)12-27-28-23(29)11-16-4-7-20-21(9-16)33-14-32-20/h2-10,12H,11,13-14H2,1H3,(H,28,29)/b27-12-. The highest BCUT2D eigenvalue weighted by molar-refractivity contribution is 6.32. The van der Waals surface area contributed by atoms with Crippen LogP contribution < -0.4 is 24.4 Å². The van der Waals surface area contributed by atoms with E-state index in [1.165, 1.54) is 13.3 Å². The monoisotopic (exact) mass is 486 g/mol. The lowest BCUT2D eigenvalue weighted by Crippen LogP contribution is -2.19. The molecule has 0 saturated heterocycles. The molecule has 1 N–H and O–H groups in total. The molecule has 0 saturated carbocycles. The molecule has 1 heterocycles. The van der Waals surface area contributed by atoms with Crippen molar-refractivity contribution < 1.29 is 23.7 Å². The summed E-state index contributed by atoms with van der Waals surface area (Å²) in [5.41, 5.74) is 4.87. The number of carbonyl (C=O) groups excluding carboxylic acids is 1. The van der Waals surface area contributed by atoms with Gasteiger partial charge >= 0.3 is 0 Å². The molecule has 0 atom stereocenters. The molecule has 0 unspecified atom stereocenters. The van der Waals surface area contributed by atoms with Gasteiger partial charge in [0.2, 0.25) is 12.7 Å². The van der Waals surface area contributed by atoms with E-state index in [-0.39, 0.29) is 19.1 Å². The van der Waals surface area contributed by atoms with E-state index in [2.05, 4.69) is 10.5 Å². The summed E-state index contributed by atoms with van der Waals surface area (Å²) in [6.45, 7) is 0.489. The van der Waals surface area contributed by atoms with Gasteiger partial charge in [0.25, 0.3) is 0 Å². The van der Waals surface area contributed by atoms with Crippen LogP contribution in [-0.4, -0.2) is 26.0 Å². The first-order chi connectivity index (χ1) is 16.0. The summed E-state index contributed by atoms with van der Waals surface area (Å²) in [7, 11) is 1.52. The Morgan fingerprint density at radius 3 is 2.61 bits per heavy atom. The van der Waals surface area contributed by atoms with Crippen molar-refractivity contribution in [2.24, 2.45) is 5.10 Å². The van der Waals surface area contributed by atoms with Gasteiger partial charge in [0.1, 0.15) is 6.61 Å². The molecule has 1 amide bonds. The lowest BCUT2D eigenvalue weighted by molar-refractivity contribution is -0.120. The van der Waals surface area contributed by atoms with E-state index in [4.69, 9.17) is 42.1 Å². The molecular weight excluding hydrogens is 467 g/mol. The fourth-order valence-corrected chi connectivity index (χ4v) is 3.54. The summed E-state index contributed by atoms with van der Waals surface area (Å²) >= 11 is 12.3. The predicted molar refractivity (Wildman–Crippen MR) is 126 cm³/mol. The normalized spacial score (nSPS) is 12.1. The largest absolute Gasteiger partial charge is 0.493 e. The minimum absolute atomic E-state index is 0.148. The van der Waals surface area contributed by atoms with Crippen LogP contribution in [0.1, 0.15) is 16.7 Å². The van der Waals surface area contributed by atoms with Crippen LogP contribution in [0.5, 0.6) is 23.0 Å². The molecule has 0 aliphatic carbocycles. The topological polar surface area (TPSA) is 78.4 Å². The zero-order valence-electron chi connectivity index (χ0n) is 17.6. The van der Waals surface area contributed by atoms with Crippen LogP contribution in [0.4, 0.5) is 0 Å². The van der Waals surface area contributed by atoms with E-state index in [9.17, 15) is 4.79 Å². The van der Waals surface area contributed by atoms with E-state index in [1.807, 2.05) is 18.2 Å². The average molecular weight is 487 g/mol. The molecule has 1 aliphatic heterocycles. The number of nitrogens with zero attached hydrogens (tertiary/aromatic N) is 1. The van der Waals surface area contributed by atoms with E-state index in [0.29, 0.717) is 45.2 Å². The van der Waals surface area contributed by atoms with Crippen molar-refractivity contribution >= 4 is 35.3 Å². The Bertz CT molecular complexity index is 1180. The fraction of sp³-hybridized carbons (Fsp3) is 0.167. The molecular formula is C24H20Cl2N2O5. The Labute approximate surface area is 200 Å². The Morgan fingerprint density at radius 1 is 1.06 bits per heavy atom. The predicted octanol–water partition coefficient (Wildman–Crippen LogP) is 5.00. The Morgan fingerprint density at radius 2 is 1.82 bits per heavy atom. The van der Waals surface area contributed by atoms with Crippen LogP contribution in [0, 0.1) is 0 Å². The van der Waals surface area contributed by atoms with E-state index in [1.54, 1.807) is 36.4 Å². The Hall–Kier alpha value is -3.42. The second-order valence-electron chi connectivity index (χ2n) is 7.11. The summed E-state index contributed by atoms with van der Waals surface area (Å²) in [6, 6.07) is 16.1. The summed E-state index contributed by atoms with van der Waals surface area (Å²) in [5, 5.41) is 5.02. The summed E-state index contributed by atoms with van der Waals surface area (Å²) in [6.07, 6.45) is 1.63. The van der Waals surface area contributed by atoms with E-state index < -0.39 is 0 Å². The first-order valence-corrected chi connectivity index (χ1v) is 10.7. The number of methoxy groups -OCH3 is 1. The maximum atomic E-state index is 12.2. The number of halogens is 2. The number of hydrogen-bond donors (Lipinski definition) is 1. The highest BCUT2D eigenvalue weighted by Crippen LogP contribution is 2.36. The first-order valence-electron chi connectivity index (χ1n) is 9.97. The zero-order chi connectivity index (χ0) is 23.2. The van der Waals surface area contributed by atoms with Crippen molar-refractivity contribution in [1.82, 2.24) is 5.43 Å². The number of ether oxygens (including phenoxy) is 4. The van der Waals surface area contributed by atoms with Gasteiger partial charge in [-0.2, -0.15) is 5.10 Å². The highest BCUT2D eigenvalue weighted by Gasteiger charge is 2.15. The molecule has 9 heteroatoms. The van der Waals surface area contributed by atoms with Gasteiger partial charge in [0.15, 0.2) is 23.0 Å². The molecule has 33 heavy (non-hydrogen) atoms. The number of fused-ring (bicyclic) bond motifs is 1. The molecule has 3 aromatic rings. The van der Waals surface area contributed by atoms with Gasteiger partial charge in [0.05, 0.1) is 24.8 Å². The summed E-state index contributed by atoms with van der Waals surface area (Å²) in [4.78, 5) is 12.2. The molecule has 4 rings (SSSR count). The van der Waals surface area contributed by atoms with Gasteiger partial charge in [0, 0.05) is 5.02 Å². The molecule has 0 aromatic heterocycles. The van der Waals surface area contributed by atoms with Crippen molar-refractivity contribution in [3.8, 4) is 23.0 Å². The molecule has 170 valence electrons. The number of nitrogens with one attached hydrogen (secondary N) is 1. The average Bonchev–Trinajstić information content (AvgIpc) is 3.27. The highest BCUT2D eigenvalue weighted by atomic mass is 35.5. The van der Waals surface area contributed by atoms with Gasteiger partial charge in [-0.3, -0.25) is 4.79 Å². The van der Waals surface area contributed by atoms with Crippen molar-refractivity contribution in [3.05, 3.63) is 81.3 Å². The molecule has 0 spiro atoms. The Balaban J connectivity index is 1.36. The van der Waals surface area contributed by atoms with Crippen molar-refractivity contribution in [1.29, 1.82) is 0 Å². The third-order valence-electron chi connectivity index (χ3n) is 4.75. The molecule has 1 aliphatic rings. The maximum absolute atomic E-state index is 12.2. The number of rotatable bonds is 8. The van der Waals surface area contributed by atoms with Crippen LogP contribution in [0.25, 0.3) is 0 Å². The van der Waals surface area contributed by atoms with Crippen LogP contribution in [-0.2, 0) is 17.8 Å². The maximum Gasteiger partial charge on any atom is 0.244 e. The third-order valence-corrected chi connectivity index (χ3v) is 5.29. The van der Waals surface area contributed by atoms with Gasteiger partial charge in [-0.15, -0.1) is 0 Å². The second-order valence-corrected chi connectivity index (χ2v) is 7.95.